The minimum atomic E-state index is -0.360. The van der Waals surface area contributed by atoms with E-state index >= 15 is 0 Å². The molecule has 0 unspecified atom stereocenters. The molecular weight excluding hydrogens is 340 g/mol. The second kappa shape index (κ2) is 6.68. The highest BCUT2D eigenvalue weighted by atomic mass is 19.1. The quantitative estimate of drug-likeness (QED) is 0.537. The van der Waals surface area contributed by atoms with Crippen LogP contribution in [0.25, 0.3) is 11.3 Å². The van der Waals surface area contributed by atoms with Crippen LogP contribution < -0.4 is 4.57 Å². The van der Waals surface area contributed by atoms with Crippen molar-refractivity contribution in [2.75, 3.05) is 0 Å². The number of benzene rings is 1. The first-order chi connectivity index (χ1) is 12.1. The standard InChI is InChI=1S/C24H34F2N/c1-15-11-19(25)17(22(2,3)4)12-16(15)21-13-18(20(26)14-27(21)10)24(8,9)23(5,6)7/h11-14H,1-10H3/q+1. The molecule has 0 bridgehead atoms. The normalized spacial score (nSPS) is 13.2. The van der Waals surface area contributed by atoms with E-state index in [4.69, 9.17) is 0 Å². The number of hydrogen-bond donors (Lipinski definition) is 0. The summed E-state index contributed by atoms with van der Waals surface area (Å²) in [5, 5.41) is 0. The van der Waals surface area contributed by atoms with Crippen LogP contribution in [-0.2, 0) is 17.9 Å². The molecule has 0 aliphatic carbocycles. The molecule has 0 N–H and O–H groups in total. The second-order valence-corrected chi connectivity index (χ2v) is 10.3. The minimum absolute atomic E-state index is 0.112. The number of rotatable bonds is 2. The van der Waals surface area contributed by atoms with Crippen molar-refractivity contribution in [3.63, 3.8) is 0 Å². The van der Waals surface area contributed by atoms with Gasteiger partial charge in [0, 0.05) is 17.2 Å². The predicted molar refractivity (Wildman–Crippen MR) is 109 cm³/mol. The van der Waals surface area contributed by atoms with Crippen LogP contribution in [0.1, 0.15) is 72.1 Å². The molecule has 3 heteroatoms. The largest absolute Gasteiger partial charge is 0.213 e. The summed E-state index contributed by atoms with van der Waals surface area (Å²) >= 11 is 0. The summed E-state index contributed by atoms with van der Waals surface area (Å²) in [5.41, 5.74) is 3.26. The number of aryl methyl sites for hydroxylation is 2. The van der Waals surface area contributed by atoms with E-state index in [1.165, 1.54) is 6.20 Å². The molecule has 2 rings (SSSR count). The number of pyridine rings is 1. The fourth-order valence-electron chi connectivity index (χ4n) is 3.29. The van der Waals surface area contributed by atoms with Gasteiger partial charge in [-0.1, -0.05) is 55.4 Å². The number of hydrogen-bond acceptors (Lipinski definition) is 0. The fourth-order valence-corrected chi connectivity index (χ4v) is 3.29. The third-order valence-electron chi connectivity index (χ3n) is 6.17. The van der Waals surface area contributed by atoms with Gasteiger partial charge in [-0.3, -0.25) is 0 Å². The van der Waals surface area contributed by atoms with Crippen molar-refractivity contribution in [2.24, 2.45) is 12.5 Å². The SMILES string of the molecule is Cc1cc(F)c(C(C)(C)C)cc1-c1cc(C(C)(C)C(C)(C)C)c(F)c[n+]1C. The van der Waals surface area contributed by atoms with E-state index < -0.39 is 0 Å². The van der Waals surface area contributed by atoms with Crippen LogP contribution in [0, 0.1) is 24.0 Å². The third-order valence-corrected chi connectivity index (χ3v) is 6.17. The number of nitrogens with zero attached hydrogens (tertiary/aromatic N) is 1. The number of aromatic nitrogens is 1. The van der Waals surface area contributed by atoms with Crippen molar-refractivity contribution < 1.29 is 13.3 Å². The molecule has 27 heavy (non-hydrogen) atoms. The summed E-state index contributed by atoms with van der Waals surface area (Å²) in [6.45, 7) is 18.4. The van der Waals surface area contributed by atoms with Gasteiger partial charge in [0.05, 0.1) is 0 Å². The molecule has 1 aromatic carbocycles. The van der Waals surface area contributed by atoms with E-state index in [2.05, 4.69) is 34.6 Å². The maximum Gasteiger partial charge on any atom is 0.213 e. The van der Waals surface area contributed by atoms with E-state index in [0.29, 0.717) is 11.1 Å². The molecule has 0 atom stereocenters. The third kappa shape index (κ3) is 3.93. The lowest BCUT2D eigenvalue weighted by atomic mass is 9.65. The Morgan fingerprint density at radius 1 is 0.778 bits per heavy atom. The summed E-state index contributed by atoms with van der Waals surface area (Å²) in [6, 6.07) is 5.45. The monoisotopic (exact) mass is 374 g/mol. The molecule has 2 aromatic rings. The molecule has 0 spiro atoms. The van der Waals surface area contributed by atoms with Gasteiger partial charge in [-0.25, -0.2) is 8.78 Å². The van der Waals surface area contributed by atoms with Crippen molar-refractivity contribution in [3.05, 3.63) is 52.7 Å². The Morgan fingerprint density at radius 3 is 1.81 bits per heavy atom. The van der Waals surface area contributed by atoms with Gasteiger partial charge in [0.1, 0.15) is 12.9 Å². The van der Waals surface area contributed by atoms with Crippen LogP contribution in [0.15, 0.2) is 24.4 Å². The molecule has 0 aliphatic heterocycles. The fraction of sp³-hybridized carbons (Fsp3) is 0.542. The Hall–Kier alpha value is -1.77. The Bertz CT molecular complexity index is 865. The smallest absolute Gasteiger partial charge is 0.207 e. The zero-order valence-corrected chi connectivity index (χ0v) is 18.5. The second-order valence-electron chi connectivity index (χ2n) is 10.3. The molecule has 1 nitrogen and oxygen atoms in total. The van der Waals surface area contributed by atoms with Gasteiger partial charge in [0.15, 0.2) is 5.82 Å². The first-order valence-electron chi connectivity index (χ1n) is 9.58. The van der Waals surface area contributed by atoms with E-state index in [-0.39, 0.29) is 27.9 Å². The molecule has 0 fully saturated rings. The van der Waals surface area contributed by atoms with Gasteiger partial charge < -0.3 is 0 Å². The lowest BCUT2D eigenvalue weighted by Gasteiger charge is -2.39. The molecule has 1 aromatic heterocycles. The topological polar surface area (TPSA) is 3.88 Å². The minimum Gasteiger partial charge on any atom is -0.207 e. The van der Waals surface area contributed by atoms with E-state index in [0.717, 1.165) is 16.8 Å². The van der Waals surface area contributed by atoms with Crippen LogP contribution >= 0.6 is 0 Å². The maximum absolute atomic E-state index is 14.9. The van der Waals surface area contributed by atoms with Gasteiger partial charge >= 0.3 is 0 Å². The molecule has 148 valence electrons. The molecule has 0 radical (unpaired) electrons. The Balaban J connectivity index is 2.80. The lowest BCUT2D eigenvalue weighted by Crippen LogP contribution is -2.38. The van der Waals surface area contributed by atoms with Crippen LogP contribution in [0.4, 0.5) is 8.78 Å². The molecule has 0 amide bonds. The summed E-state index contributed by atoms with van der Waals surface area (Å²) < 4.78 is 31.3. The van der Waals surface area contributed by atoms with Crippen molar-refractivity contribution in [2.45, 2.75) is 73.1 Å². The maximum atomic E-state index is 14.9. The Kier molecular flexibility index (Phi) is 5.33. The zero-order chi connectivity index (χ0) is 20.9. The van der Waals surface area contributed by atoms with Gasteiger partial charge in [-0.2, -0.15) is 4.57 Å². The predicted octanol–water partition coefficient (Wildman–Crippen LogP) is 6.39. The van der Waals surface area contributed by atoms with Gasteiger partial charge in [-0.05, 0) is 46.4 Å². The van der Waals surface area contributed by atoms with Crippen molar-refractivity contribution in [1.82, 2.24) is 0 Å². The summed E-state index contributed by atoms with van der Waals surface area (Å²) in [7, 11) is 1.84. The highest BCUT2D eigenvalue weighted by Gasteiger charge is 2.38. The van der Waals surface area contributed by atoms with Crippen molar-refractivity contribution in [1.29, 1.82) is 0 Å². The summed E-state index contributed by atoms with van der Waals surface area (Å²) in [4.78, 5) is 0. The summed E-state index contributed by atoms with van der Waals surface area (Å²) in [5.74, 6) is -0.402. The van der Waals surface area contributed by atoms with E-state index in [1.54, 1.807) is 10.6 Å². The number of halogens is 2. The molecule has 0 saturated carbocycles. The van der Waals surface area contributed by atoms with Crippen molar-refractivity contribution >= 4 is 0 Å². The first-order valence-corrected chi connectivity index (χ1v) is 9.58. The highest BCUT2D eigenvalue weighted by Crippen LogP contribution is 2.42. The Morgan fingerprint density at radius 2 is 1.33 bits per heavy atom. The zero-order valence-electron chi connectivity index (χ0n) is 18.5. The highest BCUT2D eigenvalue weighted by molar-refractivity contribution is 5.64. The van der Waals surface area contributed by atoms with Crippen molar-refractivity contribution in [3.8, 4) is 11.3 Å². The van der Waals surface area contributed by atoms with Crippen LogP contribution in [0.5, 0.6) is 0 Å². The molecular formula is C24H34F2N+. The molecule has 1 heterocycles. The Labute approximate surface area is 163 Å². The first kappa shape index (κ1) is 21.5. The van der Waals surface area contributed by atoms with Gasteiger partial charge in [0.2, 0.25) is 11.9 Å². The molecule has 0 aliphatic rings. The molecule has 0 saturated heterocycles. The van der Waals surface area contributed by atoms with E-state index in [1.807, 2.05) is 46.9 Å². The van der Waals surface area contributed by atoms with Gasteiger partial charge in [0.25, 0.3) is 0 Å². The van der Waals surface area contributed by atoms with Crippen LogP contribution in [0.3, 0.4) is 0 Å². The average molecular weight is 375 g/mol. The summed E-state index contributed by atoms with van der Waals surface area (Å²) in [6.07, 6.45) is 1.54. The van der Waals surface area contributed by atoms with Crippen LogP contribution in [0.2, 0.25) is 0 Å². The average Bonchev–Trinajstić information content (AvgIpc) is 2.45. The van der Waals surface area contributed by atoms with E-state index in [9.17, 15) is 8.78 Å². The lowest BCUT2D eigenvalue weighted by molar-refractivity contribution is -0.662. The van der Waals surface area contributed by atoms with Gasteiger partial charge in [-0.15, -0.1) is 0 Å². The van der Waals surface area contributed by atoms with Crippen LogP contribution in [-0.4, -0.2) is 0 Å².